The Morgan fingerprint density at radius 3 is 2.41 bits per heavy atom. The van der Waals surface area contributed by atoms with Crippen molar-refractivity contribution >= 4 is 33.1 Å². The lowest BCUT2D eigenvalue weighted by molar-refractivity contribution is -0.118. The maximum Gasteiger partial charge on any atom is 0.191 e. The molecule has 0 saturated carbocycles. The summed E-state index contributed by atoms with van der Waals surface area (Å²) in [6.45, 7) is 0. The number of thiazole rings is 1. The Morgan fingerprint density at radius 2 is 1.64 bits per heavy atom. The Balaban J connectivity index is 1.59. The molecule has 0 aliphatic rings. The molecule has 0 fully saturated rings. The van der Waals surface area contributed by atoms with Crippen LogP contribution in [0, 0.1) is 0 Å². The van der Waals surface area contributed by atoms with Gasteiger partial charge in [0.05, 0.1) is 10.2 Å². The zero-order chi connectivity index (χ0) is 15.4. The highest BCUT2D eigenvalue weighted by Crippen LogP contribution is 2.22. The van der Waals surface area contributed by atoms with E-state index in [0.29, 0.717) is 11.4 Å². The highest BCUT2D eigenvalue weighted by atomic mass is 32.1. The van der Waals surface area contributed by atoms with Crippen LogP contribution in [0.25, 0.3) is 10.2 Å². The van der Waals surface area contributed by atoms with Gasteiger partial charge >= 0.3 is 0 Å². The van der Waals surface area contributed by atoms with Gasteiger partial charge in [0.1, 0.15) is 5.78 Å². The van der Waals surface area contributed by atoms with E-state index < -0.39 is 0 Å². The summed E-state index contributed by atoms with van der Waals surface area (Å²) >= 11 is 1.39. The second-order valence-corrected chi connectivity index (χ2v) is 6.14. The molecular weight excluding hydrogens is 294 g/mol. The summed E-state index contributed by atoms with van der Waals surface area (Å²) in [5.74, 6) is 0.0308. The van der Waals surface area contributed by atoms with Gasteiger partial charge in [-0.3, -0.25) is 9.59 Å². The summed E-state index contributed by atoms with van der Waals surface area (Å²) in [6, 6.07) is 17.3. The Morgan fingerprint density at radius 1 is 0.909 bits per heavy atom. The number of Topliss-reactive ketones (excluding diaryl/α,β-unsaturated/α-hetero) is 2. The Bertz CT molecular complexity index is 775. The van der Waals surface area contributed by atoms with Crippen LogP contribution in [0.3, 0.4) is 0 Å². The highest BCUT2D eigenvalue weighted by molar-refractivity contribution is 7.20. The maximum absolute atomic E-state index is 12.2. The number of ketones is 2. The number of hydrogen-bond donors (Lipinski definition) is 0. The molecule has 0 unspecified atom stereocenters. The first-order valence-corrected chi connectivity index (χ1v) is 7.98. The van der Waals surface area contributed by atoms with Crippen molar-refractivity contribution in [3.8, 4) is 0 Å². The predicted octanol–water partition coefficient (Wildman–Crippen LogP) is 4.07. The molecule has 1 aromatic heterocycles. The van der Waals surface area contributed by atoms with E-state index >= 15 is 0 Å². The highest BCUT2D eigenvalue weighted by Gasteiger charge is 2.14. The first-order chi connectivity index (χ1) is 10.7. The third-order valence-electron chi connectivity index (χ3n) is 3.41. The smallest absolute Gasteiger partial charge is 0.191 e. The number of aromatic nitrogens is 1. The largest absolute Gasteiger partial charge is 0.299 e. The molecule has 0 spiro atoms. The summed E-state index contributed by atoms with van der Waals surface area (Å²) in [4.78, 5) is 28.5. The monoisotopic (exact) mass is 309 g/mol. The van der Waals surface area contributed by atoms with Crippen LogP contribution in [-0.2, 0) is 11.2 Å². The van der Waals surface area contributed by atoms with E-state index in [4.69, 9.17) is 0 Å². The number of nitrogens with zero attached hydrogens (tertiary/aromatic N) is 1. The molecule has 2 aromatic carbocycles. The van der Waals surface area contributed by atoms with Crippen LogP contribution in [0.15, 0.2) is 54.6 Å². The molecule has 3 nitrogen and oxygen atoms in total. The first kappa shape index (κ1) is 14.6. The lowest BCUT2D eigenvalue weighted by Gasteiger charge is -2.00. The molecule has 0 saturated heterocycles. The standard InChI is InChI=1S/C18H15NO2S/c20-14(12-13-6-2-1-3-7-13)10-11-16(21)18-19-15-8-4-5-9-17(15)22-18/h1-9H,10-12H2. The third kappa shape index (κ3) is 3.46. The summed E-state index contributed by atoms with van der Waals surface area (Å²) in [7, 11) is 0. The zero-order valence-electron chi connectivity index (χ0n) is 12.0. The van der Waals surface area contributed by atoms with Crippen LogP contribution < -0.4 is 0 Å². The maximum atomic E-state index is 12.2. The second-order valence-electron chi connectivity index (χ2n) is 5.11. The van der Waals surface area contributed by atoms with E-state index in [-0.39, 0.29) is 24.4 Å². The molecule has 0 N–H and O–H groups in total. The van der Waals surface area contributed by atoms with E-state index in [1.807, 2.05) is 54.6 Å². The molecule has 3 rings (SSSR count). The fraction of sp³-hybridized carbons (Fsp3) is 0.167. The normalized spacial score (nSPS) is 10.7. The Labute approximate surface area is 132 Å². The van der Waals surface area contributed by atoms with E-state index in [2.05, 4.69) is 4.98 Å². The van der Waals surface area contributed by atoms with Gasteiger partial charge in [0, 0.05) is 19.3 Å². The quantitative estimate of drug-likeness (QED) is 0.645. The summed E-state index contributed by atoms with van der Waals surface area (Å²) < 4.78 is 1.00. The van der Waals surface area contributed by atoms with E-state index in [0.717, 1.165) is 15.8 Å². The zero-order valence-corrected chi connectivity index (χ0v) is 12.8. The van der Waals surface area contributed by atoms with Crippen LogP contribution in [0.2, 0.25) is 0 Å². The molecule has 0 bridgehead atoms. The molecule has 4 heteroatoms. The molecule has 0 amide bonds. The number of carbonyl (C=O) groups is 2. The minimum atomic E-state index is -0.0531. The van der Waals surface area contributed by atoms with Crippen LogP contribution >= 0.6 is 11.3 Å². The van der Waals surface area contributed by atoms with Crippen molar-refractivity contribution in [1.82, 2.24) is 4.98 Å². The summed E-state index contributed by atoms with van der Waals surface area (Å²) in [6.07, 6.45) is 0.878. The van der Waals surface area contributed by atoms with Crippen molar-refractivity contribution in [2.45, 2.75) is 19.3 Å². The molecule has 1 heterocycles. The van der Waals surface area contributed by atoms with Gasteiger partial charge in [0.25, 0.3) is 0 Å². The van der Waals surface area contributed by atoms with Crippen LogP contribution in [0.5, 0.6) is 0 Å². The summed E-state index contributed by atoms with van der Waals surface area (Å²) in [5, 5.41) is 0.494. The molecule has 22 heavy (non-hydrogen) atoms. The molecule has 0 aliphatic heterocycles. The van der Waals surface area contributed by atoms with Gasteiger partial charge < -0.3 is 0 Å². The van der Waals surface area contributed by atoms with Gasteiger partial charge in [0.15, 0.2) is 10.8 Å². The number of rotatable bonds is 6. The minimum Gasteiger partial charge on any atom is -0.299 e. The SMILES string of the molecule is O=C(CCC(=O)c1nc2ccccc2s1)Cc1ccccc1. The fourth-order valence-corrected chi connectivity index (χ4v) is 3.20. The van der Waals surface area contributed by atoms with Crippen LogP contribution in [0.1, 0.15) is 28.2 Å². The van der Waals surface area contributed by atoms with Crippen molar-refractivity contribution < 1.29 is 9.59 Å². The molecule has 110 valence electrons. The predicted molar refractivity (Wildman–Crippen MR) is 88.3 cm³/mol. The molecular formula is C18H15NO2S. The van der Waals surface area contributed by atoms with Crippen LogP contribution in [-0.4, -0.2) is 16.6 Å². The van der Waals surface area contributed by atoms with Gasteiger partial charge in [-0.15, -0.1) is 11.3 Å². The topological polar surface area (TPSA) is 47.0 Å². The number of carbonyl (C=O) groups excluding carboxylic acids is 2. The fourth-order valence-electron chi connectivity index (χ4n) is 2.26. The van der Waals surface area contributed by atoms with Crippen LogP contribution in [0.4, 0.5) is 0 Å². The van der Waals surface area contributed by atoms with Crippen molar-refractivity contribution in [2.24, 2.45) is 0 Å². The second kappa shape index (κ2) is 6.62. The molecule has 3 aromatic rings. The van der Waals surface area contributed by atoms with Gasteiger partial charge in [-0.1, -0.05) is 42.5 Å². The lowest BCUT2D eigenvalue weighted by atomic mass is 10.0. The van der Waals surface area contributed by atoms with Gasteiger partial charge in [-0.2, -0.15) is 0 Å². The van der Waals surface area contributed by atoms with Gasteiger partial charge in [-0.25, -0.2) is 4.98 Å². The Hall–Kier alpha value is -2.33. The molecule has 0 aliphatic carbocycles. The number of para-hydroxylation sites is 1. The Kier molecular flexibility index (Phi) is 4.39. The number of fused-ring (bicyclic) bond motifs is 1. The number of benzene rings is 2. The van der Waals surface area contributed by atoms with E-state index in [9.17, 15) is 9.59 Å². The van der Waals surface area contributed by atoms with Crippen molar-refractivity contribution in [3.05, 3.63) is 65.2 Å². The minimum absolute atomic E-state index is 0.0531. The van der Waals surface area contributed by atoms with Gasteiger partial charge in [-0.05, 0) is 17.7 Å². The van der Waals surface area contributed by atoms with Crippen molar-refractivity contribution in [3.63, 3.8) is 0 Å². The third-order valence-corrected chi connectivity index (χ3v) is 4.48. The van der Waals surface area contributed by atoms with E-state index in [1.165, 1.54) is 11.3 Å². The van der Waals surface area contributed by atoms with Crippen molar-refractivity contribution in [2.75, 3.05) is 0 Å². The van der Waals surface area contributed by atoms with Crippen molar-refractivity contribution in [1.29, 1.82) is 0 Å². The number of hydrogen-bond acceptors (Lipinski definition) is 4. The molecule has 0 radical (unpaired) electrons. The average Bonchev–Trinajstić information content (AvgIpc) is 2.98. The lowest BCUT2D eigenvalue weighted by Crippen LogP contribution is -2.07. The van der Waals surface area contributed by atoms with Gasteiger partial charge in [0.2, 0.25) is 0 Å². The average molecular weight is 309 g/mol. The first-order valence-electron chi connectivity index (χ1n) is 7.17. The summed E-state index contributed by atoms with van der Waals surface area (Å²) in [5.41, 5.74) is 1.83. The molecule has 0 atom stereocenters. The van der Waals surface area contributed by atoms with E-state index in [1.54, 1.807) is 0 Å².